The van der Waals surface area contributed by atoms with Crippen LogP contribution in [0.4, 0.5) is 5.69 Å². The average molecular weight is 272 g/mol. The van der Waals surface area contributed by atoms with Gasteiger partial charge in [0.1, 0.15) is 0 Å². The van der Waals surface area contributed by atoms with Gasteiger partial charge < -0.3 is 4.90 Å². The molecule has 0 aromatic heterocycles. The molecule has 1 aliphatic heterocycles. The Morgan fingerprint density at radius 3 is 2.76 bits per heavy atom. The van der Waals surface area contributed by atoms with Gasteiger partial charge in [0.05, 0.1) is 10.0 Å². The standard InChI is InChI=1S/C13H15Cl2NO/c1-2-3-9-6-7-16(13(9)17)10-4-5-11(14)12(15)8-10/h4-5,8-9H,2-3,6-7H2,1H3. The lowest BCUT2D eigenvalue weighted by molar-refractivity contribution is -0.120. The van der Waals surface area contributed by atoms with Gasteiger partial charge >= 0.3 is 0 Å². The quantitative estimate of drug-likeness (QED) is 0.809. The molecular weight excluding hydrogens is 257 g/mol. The maximum absolute atomic E-state index is 12.1. The van der Waals surface area contributed by atoms with E-state index < -0.39 is 0 Å². The van der Waals surface area contributed by atoms with Crippen molar-refractivity contribution in [2.75, 3.05) is 11.4 Å². The van der Waals surface area contributed by atoms with Gasteiger partial charge in [0.15, 0.2) is 0 Å². The molecule has 0 bridgehead atoms. The topological polar surface area (TPSA) is 20.3 Å². The first-order valence-electron chi connectivity index (χ1n) is 5.90. The van der Waals surface area contributed by atoms with Crippen LogP contribution in [0.5, 0.6) is 0 Å². The van der Waals surface area contributed by atoms with E-state index in [-0.39, 0.29) is 11.8 Å². The highest BCUT2D eigenvalue weighted by atomic mass is 35.5. The number of halogens is 2. The molecule has 2 rings (SSSR count). The monoisotopic (exact) mass is 271 g/mol. The van der Waals surface area contributed by atoms with Crippen LogP contribution in [-0.2, 0) is 4.79 Å². The van der Waals surface area contributed by atoms with E-state index in [1.54, 1.807) is 12.1 Å². The molecule has 0 aliphatic carbocycles. The third-order valence-electron chi connectivity index (χ3n) is 3.17. The second-order valence-corrected chi connectivity index (χ2v) is 5.18. The third kappa shape index (κ3) is 2.58. The minimum atomic E-state index is 0.175. The second kappa shape index (κ2) is 5.28. The van der Waals surface area contributed by atoms with Gasteiger partial charge in [-0.05, 0) is 31.0 Å². The smallest absolute Gasteiger partial charge is 0.230 e. The summed E-state index contributed by atoms with van der Waals surface area (Å²) in [4.78, 5) is 14.0. The zero-order valence-corrected chi connectivity index (χ0v) is 11.3. The molecule has 0 N–H and O–H groups in total. The number of hydrogen-bond donors (Lipinski definition) is 0. The first-order valence-corrected chi connectivity index (χ1v) is 6.65. The summed E-state index contributed by atoms with van der Waals surface area (Å²) in [5.41, 5.74) is 0.850. The fraction of sp³-hybridized carbons (Fsp3) is 0.462. The van der Waals surface area contributed by atoms with Gasteiger partial charge in [-0.25, -0.2) is 0 Å². The van der Waals surface area contributed by atoms with Crippen LogP contribution in [0.2, 0.25) is 10.0 Å². The van der Waals surface area contributed by atoms with Crippen LogP contribution >= 0.6 is 23.2 Å². The molecule has 1 saturated heterocycles. The number of carbonyl (C=O) groups is 1. The van der Waals surface area contributed by atoms with Gasteiger partial charge in [-0.15, -0.1) is 0 Å². The summed E-state index contributed by atoms with van der Waals surface area (Å²) in [5.74, 6) is 0.389. The molecule has 1 atom stereocenters. The summed E-state index contributed by atoms with van der Waals surface area (Å²) in [6.07, 6.45) is 2.95. The van der Waals surface area contributed by atoms with Crippen molar-refractivity contribution in [3.8, 4) is 0 Å². The molecular formula is C13H15Cl2NO. The maximum atomic E-state index is 12.1. The number of carbonyl (C=O) groups excluding carboxylic acids is 1. The predicted molar refractivity (Wildman–Crippen MR) is 71.8 cm³/mol. The van der Waals surface area contributed by atoms with Crippen molar-refractivity contribution in [3.63, 3.8) is 0 Å². The largest absolute Gasteiger partial charge is 0.312 e. The van der Waals surface area contributed by atoms with Crippen molar-refractivity contribution in [1.29, 1.82) is 0 Å². The molecule has 1 aliphatic rings. The van der Waals surface area contributed by atoms with E-state index in [2.05, 4.69) is 6.92 Å². The Hall–Kier alpha value is -0.730. The van der Waals surface area contributed by atoms with Gasteiger partial charge in [0, 0.05) is 18.2 Å². The van der Waals surface area contributed by atoms with Crippen molar-refractivity contribution in [2.24, 2.45) is 5.92 Å². The highest BCUT2D eigenvalue weighted by Gasteiger charge is 2.31. The Morgan fingerprint density at radius 1 is 1.35 bits per heavy atom. The lowest BCUT2D eigenvalue weighted by atomic mass is 10.0. The number of rotatable bonds is 3. The summed E-state index contributed by atoms with van der Waals surface area (Å²) in [7, 11) is 0. The van der Waals surface area contributed by atoms with Crippen molar-refractivity contribution in [3.05, 3.63) is 28.2 Å². The summed E-state index contributed by atoms with van der Waals surface area (Å²) in [6.45, 7) is 2.89. The Morgan fingerprint density at radius 2 is 2.12 bits per heavy atom. The van der Waals surface area contributed by atoms with Crippen LogP contribution in [-0.4, -0.2) is 12.5 Å². The summed E-state index contributed by atoms with van der Waals surface area (Å²) < 4.78 is 0. The zero-order chi connectivity index (χ0) is 12.4. The zero-order valence-electron chi connectivity index (χ0n) is 9.75. The van der Waals surface area contributed by atoms with Gasteiger partial charge in [-0.2, -0.15) is 0 Å². The SMILES string of the molecule is CCCC1CCN(c2ccc(Cl)c(Cl)c2)C1=O. The normalized spacial score (nSPS) is 20.1. The lowest BCUT2D eigenvalue weighted by Crippen LogP contribution is -2.26. The first kappa shape index (κ1) is 12.7. The molecule has 1 aromatic rings. The van der Waals surface area contributed by atoms with E-state index in [0.717, 1.165) is 31.5 Å². The summed E-state index contributed by atoms with van der Waals surface area (Å²) >= 11 is 11.8. The van der Waals surface area contributed by atoms with Gasteiger partial charge in [0.25, 0.3) is 0 Å². The highest BCUT2D eigenvalue weighted by Crippen LogP contribution is 2.32. The average Bonchev–Trinajstić information content (AvgIpc) is 2.66. The van der Waals surface area contributed by atoms with Gasteiger partial charge in [0.2, 0.25) is 5.91 Å². The minimum Gasteiger partial charge on any atom is -0.312 e. The minimum absolute atomic E-state index is 0.175. The number of anilines is 1. The van der Waals surface area contributed by atoms with Crippen LogP contribution in [0, 0.1) is 5.92 Å². The van der Waals surface area contributed by atoms with E-state index in [9.17, 15) is 4.79 Å². The molecule has 1 heterocycles. The maximum Gasteiger partial charge on any atom is 0.230 e. The Balaban J connectivity index is 2.18. The number of nitrogens with zero attached hydrogens (tertiary/aromatic N) is 1. The Labute approximate surface area is 112 Å². The van der Waals surface area contributed by atoms with Crippen LogP contribution < -0.4 is 4.90 Å². The highest BCUT2D eigenvalue weighted by molar-refractivity contribution is 6.42. The molecule has 1 fully saturated rings. The fourth-order valence-corrected chi connectivity index (χ4v) is 2.56. The van der Waals surface area contributed by atoms with Crippen molar-refractivity contribution >= 4 is 34.8 Å². The predicted octanol–water partition coefficient (Wildman–Crippen LogP) is 4.15. The molecule has 92 valence electrons. The Bertz CT molecular complexity index is 433. The second-order valence-electron chi connectivity index (χ2n) is 4.36. The van der Waals surface area contributed by atoms with Crippen molar-refractivity contribution in [1.82, 2.24) is 0 Å². The van der Waals surface area contributed by atoms with Crippen molar-refractivity contribution in [2.45, 2.75) is 26.2 Å². The van der Waals surface area contributed by atoms with Gasteiger partial charge in [-0.3, -0.25) is 4.79 Å². The number of hydrogen-bond acceptors (Lipinski definition) is 1. The van der Waals surface area contributed by atoms with E-state index in [1.165, 1.54) is 0 Å². The van der Waals surface area contributed by atoms with Gasteiger partial charge in [-0.1, -0.05) is 36.5 Å². The van der Waals surface area contributed by atoms with E-state index >= 15 is 0 Å². The fourth-order valence-electron chi connectivity index (χ4n) is 2.26. The van der Waals surface area contributed by atoms with E-state index in [4.69, 9.17) is 23.2 Å². The molecule has 1 aromatic carbocycles. The molecule has 4 heteroatoms. The Kier molecular flexibility index (Phi) is 3.95. The van der Waals surface area contributed by atoms with Crippen LogP contribution in [0.1, 0.15) is 26.2 Å². The number of amides is 1. The molecule has 0 spiro atoms. The summed E-state index contributed by atoms with van der Waals surface area (Å²) in [6, 6.07) is 5.34. The molecule has 1 unspecified atom stereocenters. The van der Waals surface area contributed by atoms with Crippen LogP contribution in [0.15, 0.2) is 18.2 Å². The molecule has 17 heavy (non-hydrogen) atoms. The van der Waals surface area contributed by atoms with Crippen LogP contribution in [0.25, 0.3) is 0 Å². The van der Waals surface area contributed by atoms with Crippen molar-refractivity contribution < 1.29 is 4.79 Å². The molecule has 0 radical (unpaired) electrons. The summed E-state index contributed by atoms with van der Waals surface area (Å²) in [5, 5.41) is 1.02. The molecule has 0 saturated carbocycles. The molecule has 1 amide bonds. The van der Waals surface area contributed by atoms with E-state index in [0.29, 0.717) is 10.0 Å². The lowest BCUT2D eigenvalue weighted by Gasteiger charge is -2.17. The third-order valence-corrected chi connectivity index (χ3v) is 3.91. The van der Waals surface area contributed by atoms with Crippen LogP contribution in [0.3, 0.4) is 0 Å². The first-order chi connectivity index (χ1) is 8.13. The molecule has 2 nitrogen and oxygen atoms in total. The van der Waals surface area contributed by atoms with E-state index in [1.807, 2.05) is 11.0 Å². The number of benzene rings is 1.